The van der Waals surface area contributed by atoms with Crippen molar-refractivity contribution in [3.63, 3.8) is 0 Å². The monoisotopic (exact) mass is 254 g/mol. The number of benzene rings is 1. The molecule has 0 aromatic heterocycles. The average molecular weight is 253 g/mol. The van der Waals surface area contributed by atoms with Crippen molar-refractivity contribution in [2.75, 3.05) is 0 Å². The van der Waals surface area contributed by atoms with Crippen LogP contribution in [0, 0.1) is 3.57 Å². The van der Waals surface area contributed by atoms with Gasteiger partial charge in [-0.3, -0.25) is 0 Å². The minimum Gasteiger partial charge on any atom is -0.111 e. The van der Waals surface area contributed by atoms with Crippen molar-refractivity contribution in [3.05, 3.63) is 3.57 Å². The SMILES string of the molecule is [B]c1c([B])c([B])c(I)c([B])c1[B]. The summed E-state index contributed by atoms with van der Waals surface area (Å²) in [6.07, 6.45) is 0. The molecule has 0 unspecified atom stereocenters. The summed E-state index contributed by atoms with van der Waals surface area (Å²) >= 11 is 1.97. The molecule has 0 amide bonds. The molecule has 0 aliphatic rings. The van der Waals surface area contributed by atoms with Gasteiger partial charge in [0, 0.05) is 0 Å². The van der Waals surface area contributed by atoms with Gasteiger partial charge in [0.05, 0.1) is 0 Å². The Hall–Kier alpha value is 0.275. The molecule has 46 valence electrons. The molecule has 12 heavy (non-hydrogen) atoms. The predicted octanol–water partition coefficient (Wildman–Crippen LogP) is -3.74. The molecule has 10 radical (unpaired) electrons. The number of rotatable bonds is 0. The number of hydrogen-bond acceptors (Lipinski definition) is 0. The van der Waals surface area contributed by atoms with Crippen molar-refractivity contribution in [2.45, 2.75) is 0 Å². The van der Waals surface area contributed by atoms with Gasteiger partial charge in [-0.25, -0.2) is 0 Å². The fourth-order valence-electron chi connectivity index (χ4n) is 0.817. The van der Waals surface area contributed by atoms with Gasteiger partial charge < -0.3 is 0 Å². The summed E-state index contributed by atoms with van der Waals surface area (Å²) in [7, 11) is 27.9. The molecule has 0 aliphatic carbocycles. The van der Waals surface area contributed by atoms with E-state index >= 15 is 0 Å². The van der Waals surface area contributed by atoms with Crippen LogP contribution >= 0.6 is 22.6 Å². The van der Waals surface area contributed by atoms with Crippen LogP contribution in [0.5, 0.6) is 0 Å². The van der Waals surface area contributed by atoms with Crippen LogP contribution in [0.1, 0.15) is 0 Å². The molecule has 0 aliphatic heterocycles. The molecular weight excluding hydrogens is 253 g/mol. The first kappa shape index (κ1) is 10.4. The first-order chi connectivity index (χ1) is 5.46. The second-order valence-corrected chi connectivity index (χ2v) is 3.46. The Kier molecular flexibility index (Phi) is 3.08. The fourth-order valence-corrected chi connectivity index (χ4v) is 1.40. The minimum absolute atomic E-state index is 0.255. The van der Waals surface area contributed by atoms with E-state index in [9.17, 15) is 0 Å². The zero-order valence-electron chi connectivity index (χ0n) is 6.26. The van der Waals surface area contributed by atoms with Gasteiger partial charge >= 0.3 is 0 Å². The molecule has 1 aromatic rings. The largest absolute Gasteiger partial charge is 0.114 e. The lowest BCUT2D eigenvalue weighted by Crippen LogP contribution is -2.55. The summed E-state index contributed by atoms with van der Waals surface area (Å²) in [6, 6.07) is 0. The maximum atomic E-state index is 5.60. The summed E-state index contributed by atoms with van der Waals surface area (Å²) in [5.74, 6) is 0. The molecule has 0 heterocycles. The number of hydrogen-bond donors (Lipinski definition) is 0. The molecule has 1 rings (SSSR count). The second-order valence-electron chi connectivity index (χ2n) is 2.38. The topological polar surface area (TPSA) is 0 Å². The van der Waals surface area contributed by atoms with Crippen LogP contribution < -0.4 is 27.3 Å². The first-order valence-corrected chi connectivity index (χ1v) is 4.21. The van der Waals surface area contributed by atoms with Crippen LogP contribution in [0.2, 0.25) is 0 Å². The van der Waals surface area contributed by atoms with Crippen molar-refractivity contribution >= 4 is 89.1 Å². The van der Waals surface area contributed by atoms with E-state index in [1.807, 2.05) is 22.6 Å². The molecule has 0 bridgehead atoms. The van der Waals surface area contributed by atoms with Crippen molar-refractivity contribution in [1.82, 2.24) is 0 Å². The predicted molar refractivity (Wildman–Crippen MR) is 66.1 cm³/mol. The Bertz CT molecular complexity index is 230. The second kappa shape index (κ2) is 3.56. The Morgan fingerprint density at radius 2 is 0.833 bits per heavy atom. The lowest BCUT2D eigenvalue weighted by molar-refractivity contribution is 1.94. The molecular formula is C6B5I. The van der Waals surface area contributed by atoms with Crippen molar-refractivity contribution in [2.24, 2.45) is 0 Å². The number of halogens is 1. The molecule has 0 fully saturated rings. The highest BCUT2D eigenvalue weighted by atomic mass is 127. The molecule has 1 aromatic carbocycles. The molecule has 6 heteroatoms. The van der Waals surface area contributed by atoms with Crippen LogP contribution in [0.15, 0.2) is 0 Å². The van der Waals surface area contributed by atoms with Crippen molar-refractivity contribution in [3.8, 4) is 0 Å². The standard InChI is InChI=1S/C6B5I/c7-1-2(8)4(10)6(12)5(11)3(1)9. The quantitative estimate of drug-likeness (QED) is 0.329. The highest BCUT2D eigenvalue weighted by Crippen LogP contribution is 1.90. The van der Waals surface area contributed by atoms with Crippen LogP contribution in [0.25, 0.3) is 0 Å². The molecule has 0 atom stereocenters. The fraction of sp³-hybridized carbons (Fsp3) is 0. The van der Waals surface area contributed by atoms with Crippen LogP contribution in [0.4, 0.5) is 0 Å². The molecule has 0 spiro atoms. The van der Waals surface area contributed by atoms with Gasteiger partial charge in [0.2, 0.25) is 0 Å². The molecule has 0 saturated carbocycles. The van der Waals surface area contributed by atoms with Crippen LogP contribution in [0.3, 0.4) is 0 Å². The van der Waals surface area contributed by atoms with Gasteiger partial charge in [0.25, 0.3) is 0 Å². The van der Waals surface area contributed by atoms with E-state index < -0.39 is 0 Å². The Balaban J connectivity index is 3.60. The van der Waals surface area contributed by atoms with Gasteiger partial charge in [-0.2, -0.15) is 0 Å². The minimum atomic E-state index is 0.255. The van der Waals surface area contributed by atoms with Gasteiger partial charge in [-0.05, 0) is 26.2 Å². The van der Waals surface area contributed by atoms with Crippen LogP contribution in [-0.2, 0) is 0 Å². The Morgan fingerprint density at radius 3 is 1.17 bits per heavy atom. The van der Waals surface area contributed by atoms with Crippen molar-refractivity contribution in [1.29, 1.82) is 0 Å². The summed E-state index contributed by atoms with van der Waals surface area (Å²) in [5, 5.41) is 0. The third kappa shape index (κ3) is 1.50. The molecule has 0 saturated heterocycles. The zero-order valence-corrected chi connectivity index (χ0v) is 8.42. The molecule has 0 N–H and O–H groups in total. The van der Waals surface area contributed by atoms with E-state index in [1.165, 1.54) is 0 Å². The smallest absolute Gasteiger partial charge is 0.111 e. The highest BCUT2D eigenvalue weighted by molar-refractivity contribution is 14.1. The van der Waals surface area contributed by atoms with Crippen molar-refractivity contribution < 1.29 is 0 Å². The summed E-state index contributed by atoms with van der Waals surface area (Å²) in [6.45, 7) is 0. The highest BCUT2D eigenvalue weighted by Gasteiger charge is 2.06. The third-order valence-electron chi connectivity index (χ3n) is 1.63. The Morgan fingerprint density at radius 1 is 0.583 bits per heavy atom. The lowest BCUT2D eigenvalue weighted by atomic mass is 9.63. The molecule has 0 nitrogen and oxygen atoms in total. The van der Waals surface area contributed by atoms with E-state index in [1.54, 1.807) is 0 Å². The van der Waals surface area contributed by atoms with E-state index in [2.05, 4.69) is 0 Å². The van der Waals surface area contributed by atoms with Gasteiger partial charge in [0.1, 0.15) is 39.2 Å². The van der Waals surface area contributed by atoms with Gasteiger partial charge in [0.15, 0.2) is 0 Å². The van der Waals surface area contributed by atoms with Gasteiger partial charge in [-0.15, -0.1) is 16.4 Å². The summed E-state index contributed by atoms with van der Waals surface area (Å²) < 4.78 is 0.650. The van der Waals surface area contributed by atoms with E-state index in [0.29, 0.717) is 25.4 Å². The Labute approximate surface area is 92.5 Å². The normalized spacial score (nSPS) is 10.1. The zero-order chi connectivity index (χ0) is 9.46. The van der Waals surface area contributed by atoms with E-state index in [0.717, 1.165) is 0 Å². The van der Waals surface area contributed by atoms with Gasteiger partial charge in [-0.1, -0.05) is 10.9 Å². The summed E-state index contributed by atoms with van der Waals surface area (Å²) in [4.78, 5) is 0. The van der Waals surface area contributed by atoms with E-state index in [-0.39, 0.29) is 5.46 Å². The maximum Gasteiger partial charge on any atom is 0.114 e. The third-order valence-corrected chi connectivity index (χ3v) is 2.80. The lowest BCUT2D eigenvalue weighted by Gasteiger charge is -2.16. The average Bonchev–Trinajstić information content (AvgIpc) is 2.08. The first-order valence-electron chi connectivity index (χ1n) is 3.13. The van der Waals surface area contributed by atoms with Crippen LogP contribution in [-0.4, -0.2) is 39.2 Å². The summed E-state index contributed by atoms with van der Waals surface area (Å²) in [5.41, 5.74) is 1.63. The van der Waals surface area contributed by atoms with E-state index in [4.69, 9.17) is 39.2 Å². The maximum absolute atomic E-state index is 5.60.